The minimum absolute atomic E-state index is 0.00441. The summed E-state index contributed by atoms with van der Waals surface area (Å²) in [5.74, 6) is 2.22. The Hall–Kier alpha value is -3.22. The van der Waals surface area contributed by atoms with Gasteiger partial charge in [0.05, 0.1) is 13.2 Å². The molecule has 0 saturated carbocycles. The van der Waals surface area contributed by atoms with Gasteiger partial charge in [-0.25, -0.2) is 0 Å². The lowest BCUT2D eigenvalue weighted by Gasteiger charge is -2.14. The Morgan fingerprint density at radius 3 is 2.67 bits per heavy atom. The van der Waals surface area contributed by atoms with Crippen LogP contribution in [0.3, 0.4) is 0 Å². The fraction of sp³-hybridized carbons (Fsp3) is 0.391. The van der Waals surface area contributed by atoms with E-state index in [1.165, 1.54) is 0 Å². The Kier molecular flexibility index (Phi) is 7.54. The maximum absolute atomic E-state index is 12.1. The van der Waals surface area contributed by atoms with Crippen LogP contribution in [0.2, 0.25) is 0 Å². The molecule has 0 spiro atoms. The molecular weight excluding hydrogens is 380 g/mol. The SMILES string of the molecule is CCNC(=NCCc1cccc(C(=O)N(C)C)c1)Nc1ccc2c(c1)OCCCO2. The minimum atomic E-state index is 0.00441. The molecule has 2 aromatic carbocycles. The highest BCUT2D eigenvalue weighted by atomic mass is 16.5. The van der Waals surface area contributed by atoms with E-state index in [0.29, 0.717) is 31.3 Å². The Bertz CT molecular complexity index is 896. The number of hydrogen-bond acceptors (Lipinski definition) is 4. The molecule has 2 aromatic rings. The summed E-state index contributed by atoms with van der Waals surface area (Å²) < 4.78 is 11.4. The fourth-order valence-corrected chi connectivity index (χ4v) is 3.10. The zero-order chi connectivity index (χ0) is 21.3. The Morgan fingerprint density at radius 1 is 1.10 bits per heavy atom. The van der Waals surface area contributed by atoms with Crippen LogP contribution in [0, 0.1) is 0 Å². The Labute approximate surface area is 178 Å². The van der Waals surface area contributed by atoms with Gasteiger partial charge in [-0.3, -0.25) is 9.79 Å². The van der Waals surface area contributed by atoms with E-state index in [9.17, 15) is 4.79 Å². The van der Waals surface area contributed by atoms with Crippen molar-refractivity contribution in [2.75, 3.05) is 45.7 Å². The van der Waals surface area contributed by atoms with Crippen LogP contribution in [0.4, 0.5) is 5.69 Å². The number of rotatable bonds is 6. The summed E-state index contributed by atoms with van der Waals surface area (Å²) in [5.41, 5.74) is 2.66. The van der Waals surface area contributed by atoms with E-state index in [2.05, 4.69) is 15.6 Å². The summed E-state index contributed by atoms with van der Waals surface area (Å²) in [6, 6.07) is 13.5. The first-order chi connectivity index (χ1) is 14.6. The number of benzene rings is 2. The van der Waals surface area contributed by atoms with Crippen molar-refractivity contribution in [3.63, 3.8) is 0 Å². The number of carbonyl (C=O) groups excluding carboxylic acids is 1. The highest BCUT2D eigenvalue weighted by molar-refractivity contribution is 5.94. The molecule has 0 aromatic heterocycles. The number of anilines is 1. The first-order valence-corrected chi connectivity index (χ1v) is 10.3. The number of fused-ring (bicyclic) bond motifs is 1. The van der Waals surface area contributed by atoms with E-state index in [0.717, 1.165) is 42.1 Å². The molecule has 0 aliphatic carbocycles. The van der Waals surface area contributed by atoms with E-state index >= 15 is 0 Å². The smallest absolute Gasteiger partial charge is 0.253 e. The summed E-state index contributed by atoms with van der Waals surface area (Å²) >= 11 is 0. The second-order valence-corrected chi connectivity index (χ2v) is 7.25. The number of guanidine groups is 1. The molecule has 3 rings (SSSR count). The van der Waals surface area contributed by atoms with Gasteiger partial charge in [-0.2, -0.15) is 0 Å². The van der Waals surface area contributed by atoms with Gasteiger partial charge in [-0.05, 0) is 43.2 Å². The highest BCUT2D eigenvalue weighted by Gasteiger charge is 2.11. The van der Waals surface area contributed by atoms with Gasteiger partial charge in [0.1, 0.15) is 0 Å². The summed E-state index contributed by atoms with van der Waals surface area (Å²) in [4.78, 5) is 18.4. The third-order valence-corrected chi connectivity index (χ3v) is 4.60. The quantitative estimate of drug-likeness (QED) is 0.565. The zero-order valence-corrected chi connectivity index (χ0v) is 17.9. The van der Waals surface area contributed by atoms with Gasteiger partial charge >= 0.3 is 0 Å². The highest BCUT2D eigenvalue weighted by Crippen LogP contribution is 2.32. The number of nitrogens with zero attached hydrogens (tertiary/aromatic N) is 2. The number of carbonyl (C=O) groups is 1. The predicted octanol–water partition coefficient (Wildman–Crippen LogP) is 3.17. The van der Waals surface area contributed by atoms with Gasteiger partial charge in [0, 0.05) is 50.9 Å². The zero-order valence-electron chi connectivity index (χ0n) is 17.9. The Balaban J connectivity index is 1.65. The third-order valence-electron chi connectivity index (χ3n) is 4.60. The predicted molar refractivity (Wildman–Crippen MR) is 120 cm³/mol. The molecule has 0 atom stereocenters. The number of aliphatic imine (C=N–C) groups is 1. The standard InChI is InChI=1S/C23H30N4O3/c1-4-24-23(26-19-9-10-20-21(16-19)30-14-6-13-29-20)25-12-11-17-7-5-8-18(15-17)22(28)27(2)3/h5,7-10,15-16H,4,6,11-14H2,1-3H3,(H2,24,25,26). The molecule has 1 amide bonds. The molecule has 0 saturated heterocycles. The molecule has 1 heterocycles. The van der Waals surface area contributed by atoms with Crippen molar-refractivity contribution in [2.24, 2.45) is 4.99 Å². The molecule has 0 bridgehead atoms. The van der Waals surface area contributed by atoms with Crippen LogP contribution in [-0.4, -0.2) is 57.2 Å². The first-order valence-electron chi connectivity index (χ1n) is 10.3. The summed E-state index contributed by atoms with van der Waals surface area (Å²) in [6.45, 7) is 4.70. The van der Waals surface area contributed by atoms with Gasteiger partial charge in [0.25, 0.3) is 5.91 Å². The lowest BCUT2D eigenvalue weighted by molar-refractivity contribution is 0.0827. The van der Waals surface area contributed by atoms with Crippen LogP contribution in [0.25, 0.3) is 0 Å². The summed E-state index contributed by atoms with van der Waals surface area (Å²) in [6.07, 6.45) is 1.62. The number of amides is 1. The molecule has 2 N–H and O–H groups in total. The molecule has 30 heavy (non-hydrogen) atoms. The lowest BCUT2D eigenvalue weighted by atomic mass is 10.1. The first kappa shape index (κ1) is 21.5. The van der Waals surface area contributed by atoms with Crippen LogP contribution in [0.5, 0.6) is 11.5 Å². The van der Waals surface area contributed by atoms with Crippen molar-refractivity contribution in [3.8, 4) is 11.5 Å². The number of hydrogen-bond donors (Lipinski definition) is 2. The van der Waals surface area contributed by atoms with Crippen LogP contribution in [-0.2, 0) is 6.42 Å². The largest absolute Gasteiger partial charge is 0.490 e. The second kappa shape index (κ2) is 10.5. The lowest BCUT2D eigenvalue weighted by Crippen LogP contribution is -2.30. The molecule has 0 unspecified atom stereocenters. The minimum Gasteiger partial charge on any atom is -0.490 e. The second-order valence-electron chi connectivity index (χ2n) is 7.25. The normalized spacial score (nSPS) is 13.4. The molecule has 0 fully saturated rings. The van der Waals surface area contributed by atoms with Crippen molar-refractivity contribution in [1.29, 1.82) is 0 Å². The van der Waals surface area contributed by atoms with Crippen molar-refractivity contribution >= 4 is 17.6 Å². The van der Waals surface area contributed by atoms with Crippen LogP contribution >= 0.6 is 0 Å². The molecule has 0 radical (unpaired) electrons. The molecule has 160 valence electrons. The maximum Gasteiger partial charge on any atom is 0.253 e. The fourth-order valence-electron chi connectivity index (χ4n) is 3.10. The third kappa shape index (κ3) is 5.89. The molecular formula is C23H30N4O3. The average Bonchev–Trinajstić information content (AvgIpc) is 2.98. The van der Waals surface area contributed by atoms with Gasteiger partial charge in [-0.15, -0.1) is 0 Å². The average molecular weight is 411 g/mol. The Morgan fingerprint density at radius 2 is 1.90 bits per heavy atom. The maximum atomic E-state index is 12.1. The van der Waals surface area contributed by atoms with E-state index in [4.69, 9.17) is 9.47 Å². The van der Waals surface area contributed by atoms with E-state index in [1.807, 2.05) is 49.4 Å². The van der Waals surface area contributed by atoms with Gasteiger partial charge in [0.15, 0.2) is 17.5 Å². The van der Waals surface area contributed by atoms with Crippen molar-refractivity contribution in [2.45, 2.75) is 19.8 Å². The summed E-state index contributed by atoms with van der Waals surface area (Å²) in [5, 5.41) is 6.58. The van der Waals surface area contributed by atoms with E-state index < -0.39 is 0 Å². The van der Waals surface area contributed by atoms with Crippen molar-refractivity contribution in [1.82, 2.24) is 10.2 Å². The number of ether oxygens (including phenoxy) is 2. The van der Waals surface area contributed by atoms with Crippen molar-refractivity contribution < 1.29 is 14.3 Å². The van der Waals surface area contributed by atoms with E-state index in [1.54, 1.807) is 19.0 Å². The van der Waals surface area contributed by atoms with Crippen LogP contribution in [0.15, 0.2) is 47.5 Å². The molecule has 1 aliphatic rings. The monoisotopic (exact) mass is 410 g/mol. The number of nitrogens with one attached hydrogen (secondary N) is 2. The van der Waals surface area contributed by atoms with Gasteiger partial charge < -0.3 is 25.0 Å². The van der Waals surface area contributed by atoms with Crippen LogP contribution in [0.1, 0.15) is 29.3 Å². The molecule has 7 heteroatoms. The molecule has 7 nitrogen and oxygen atoms in total. The topological polar surface area (TPSA) is 75.2 Å². The van der Waals surface area contributed by atoms with E-state index in [-0.39, 0.29) is 5.91 Å². The summed E-state index contributed by atoms with van der Waals surface area (Å²) in [7, 11) is 3.51. The molecule has 1 aliphatic heterocycles. The van der Waals surface area contributed by atoms with Gasteiger partial charge in [-0.1, -0.05) is 12.1 Å². The van der Waals surface area contributed by atoms with Gasteiger partial charge in [0.2, 0.25) is 0 Å². The van der Waals surface area contributed by atoms with Crippen LogP contribution < -0.4 is 20.1 Å². The van der Waals surface area contributed by atoms with Crippen molar-refractivity contribution in [3.05, 3.63) is 53.6 Å².